The maximum Gasteiger partial charge on any atom is 0.255 e. The van der Waals surface area contributed by atoms with Gasteiger partial charge >= 0.3 is 0 Å². The van der Waals surface area contributed by atoms with E-state index in [0.29, 0.717) is 24.3 Å². The summed E-state index contributed by atoms with van der Waals surface area (Å²) < 4.78 is 5.33. The van der Waals surface area contributed by atoms with Crippen LogP contribution in [-0.4, -0.2) is 31.1 Å². The smallest absolute Gasteiger partial charge is 0.255 e. The van der Waals surface area contributed by atoms with Gasteiger partial charge in [0.1, 0.15) is 5.75 Å². The lowest BCUT2D eigenvalue weighted by atomic mass is 10.0. The second-order valence-electron chi connectivity index (χ2n) is 6.61. The van der Waals surface area contributed by atoms with Crippen LogP contribution >= 0.6 is 0 Å². The number of nitrogens with two attached hydrogens (primary N) is 1. The number of benzene rings is 1. The van der Waals surface area contributed by atoms with E-state index in [2.05, 4.69) is 36.4 Å². The number of aliphatic imine (C=N–C) groups is 1. The molecule has 0 aliphatic rings. The van der Waals surface area contributed by atoms with Crippen LogP contribution in [0.25, 0.3) is 0 Å². The van der Waals surface area contributed by atoms with Crippen molar-refractivity contribution < 1.29 is 9.53 Å². The molecule has 1 atom stereocenters. The largest absolute Gasteiger partial charge is 0.484 e. The van der Waals surface area contributed by atoms with E-state index in [1.165, 1.54) is 6.42 Å². The number of rotatable bonds is 10. The van der Waals surface area contributed by atoms with Crippen molar-refractivity contribution >= 4 is 11.9 Å². The second kappa shape index (κ2) is 11.3. The third-order valence-corrected chi connectivity index (χ3v) is 3.60. The third kappa shape index (κ3) is 9.59. The molecule has 0 bridgehead atoms. The Morgan fingerprint density at radius 3 is 2.68 bits per heavy atom. The van der Waals surface area contributed by atoms with Gasteiger partial charge in [0.05, 0.1) is 6.54 Å². The van der Waals surface area contributed by atoms with E-state index in [4.69, 9.17) is 10.5 Å². The molecule has 1 aromatic carbocycles. The Labute approximate surface area is 151 Å². The molecular formula is C19H32N4O2. The number of nitrogens with one attached hydrogen (secondary N) is 2. The molecule has 0 heterocycles. The summed E-state index contributed by atoms with van der Waals surface area (Å²) in [6, 6.07) is 7.90. The summed E-state index contributed by atoms with van der Waals surface area (Å²) in [5.74, 6) is 1.64. The SMILES string of the molecule is CCNC(=NCc1cccc(OCC(N)=O)c1)NC(C)CCC(C)C. The molecule has 0 fully saturated rings. The van der Waals surface area contributed by atoms with E-state index in [1.54, 1.807) is 6.07 Å². The maximum absolute atomic E-state index is 10.8. The zero-order chi connectivity index (χ0) is 18.7. The molecule has 0 aliphatic heterocycles. The number of primary amides is 1. The van der Waals surface area contributed by atoms with Gasteiger partial charge in [0.15, 0.2) is 12.6 Å². The first-order chi connectivity index (χ1) is 11.9. The van der Waals surface area contributed by atoms with Gasteiger partial charge in [0, 0.05) is 12.6 Å². The Kier molecular flexibility index (Phi) is 9.43. The quantitative estimate of drug-likeness (QED) is 0.447. The van der Waals surface area contributed by atoms with E-state index < -0.39 is 5.91 Å². The Balaban J connectivity index is 2.64. The van der Waals surface area contributed by atoms with Crippen molar-refractivity contribution in [3.05, 3.63) is 29.8 Å². The predicted octanol–water partition coefficient (Wildman–Crippen LogP) is 2.43. The maximum atomic E-state index is 10.8. The molecule has 6 heteroatoms. The van der Waals surface area contributed by atoms with Gasteiger partial charge in [-0.1, -0.05) is 26.0 Å². The Hall–Kier alpha value is -2.24. The molecule has 140 valence electrons. The van der Waals surface area contributed by atoms with Crippen molar-refractivity contribution in [2.24, 2.45) is 16.6 Å². The topological polar surface area (TPSA) is 88.7 Å². The number of guanidine groups is 1. The van der Waals surface area contributed by atoms with Crippen LogP contribution in [0.5, 0.6) is 5.75 Å². The summed E-state index contributed by atoms with van der Waals surface area (Å²) in [6.45, 7) is 9.91. The molecule has 1 unspecified atom stereocenters. The van der Waals surface area contributed by atoms with Crippen molar-refractivity contribution in [3.8, 4) is 5.75 Å². The first kappa shape index (κ1) is 20.8. The number of carbonyl (C=O) groups is 1. The summed E-state index contributed by atoms with van der Waals surface area (Å²) in [5, 5.41) is 6.72. The Morgan fingerprint density at radius 2 is 2.04 bits per heavy atom. The van der Waals surface area contributed by atoms with Crippen LogP contribution in [0.4, 0.5) is 0 Å². The number of ether oxygens (including phenoxy) is 1. The lowest BCUT2D eigenvalue weighted by Crippen LogP contribution is -2.42. The highest BCUT2D eigenvalue weighted by atomic mass is 16.5. The van der Waals surface area contributed by atoms with E-state index in [-0.39, 0.29) is 6.61 Å². The van der Waals surface area contributed by atoms with Crippen LogP contribution in [0, 0.1) is 5.92 Å². The van der Waals surface area contributed by atoms with Crippen molar-refractivity contribution in [2.75, 3.05) is 13.2 Å². The lowest BCUT2D eigenvalue weighted by molar-refractivity contribution is -0.119. The van der Waals surface area contributed by atoms with Gasteiger partial charge in [-0.05, 0) is 50.3 Å². The standard InChI is InChI=1S/C19H32N4O2/c1-5-21-19(23-15(4)10-9-14(2)3)22-12-16-7-6-8-17(11-16)25-13-18(20)24/h6-8,11,14-15H,5,9-10,12-13H2,1-4H3,(H2,20,24)(H2,21,22,23). The number of nitrogens with zero attached hydrogens (tertiary/aromatic N) is 1. The van der Waals surface area contributed by atoms with E-state index >= 15 is 0 Å². The van der Waals surface area contributed by atoms with Gasteiger partial charge in [-0.3, -0.25) is 4.79 Å². The van der Waals surface area contributed by atoms with Crippen LogP contribution in [-0.2, 0) is 11.3 Å². The van der Waals surface area contributed by atoms with Crippen molar-refractivity contribution in [2.45, 2.75) is 53.1 Å². The summed E-state index contributed by atoms with van der Waals surface area (Å²) in [6.07, 6.45) is 2.30. The summed E-state index contributed by atoms with van der Waals surface area (Å²) in [4.78, 5) is 15.4. The van der Waals surface area contributed by atoms with Gasteiger partial charge in [0.2, 0.25) is 0 Å². The molecule has 6 nitrogen and oxygen atoms in total. The molecule has 1 aromatic rings. The average molecular weight is 348 g/mol. The first-order valence-electron chi connectivity index (χ1n) is 8.95. The van der Waals surface area contributed by atoms with Crippen molar-refractivity contribution in [3.63, 3.8) is 0 Å². The molecule has 0 saturated carbocycles. The fourth-order valence-electron chi connectivity index (χ4n) is 2.27. The number of hydrogen-bond acceptors (Lipinski definition) is 3. The molecule has 0 spiro atoms. The van der Waals surface area contributed by atoms with E-state index in [1.807, 2.05) is 25.1 Å². The molecule has 0 aromatic heterocycles. The number of carbonyl (C=O) groups excluding carboxylic acids is 1. The van der Waals surface area contributed by atoms with Crippen LogP contribution in [0.3, 0.4) is 0 Å². The highest BCUT2D eigenvalue weighted by Crippen LogP contribution is 2.14. The fraction of sp³-hybridized carbons (Fsp3) is 0.579. The molecule has 25 heavy (non-hydrogen) atoms. The van der Waals surface area contributed by atoms with Crippen LogP contribution < -0.4 is 21.1 Å². The zero-order valence-electron chi connectivity index (χ0n) is 15.8. The van der Waals surface area contributed by atoms with Crippen molar-refractivity contribution in [1.82, 2.24) is 10.6 Å². The molecular weight excluding hydrogens is 316 g/mol. The van der Waals surface area contributed by atoms with Gasteiger partial charge < -0.3 is 21.1 Å². The minimum atomic E-state index is -0.488. The first-order valence-corrected chi connectivity index (χ1v) is 8.95. The van der Waals surface area contributed by atoms with Crippen molar-refractivity contribution in [1.29, 1.82) is 0 Å². The summed E-state index contributed by atoms with van der Waals surface area (Å²) >= 11 is 0. The molecule has 1 amide bonds. The molecule has 0 aliphatic carbocycles. The third-order valence-electron chi connectivity index (χ3n) is 3.60. The van der Waals surface area contributed by atoms with Gasteiger partial charge in [0.25, 0.3) is 5.91 Å². The summed E-state index contributed by atoms with van der Waals surface area (Å²) in [7, 11) is 0. The van der Waals surface area contributed by atoms with Crippen LogP contribution in [0.1, 0.15) is 46.1 Å². The van der Waals surface area contributed by atoms with E-state index in [0.717, 1.165) is 24.5 Å². The van der Waals surface area contributed by atoms with Crippen LogP contribution in [0.15, 0.2) is 29.3 Å². The van der Waals surface area contributed by atoms with E-state index in [9.17, 15) is 4.79 Å². The minimum absolute atomic E-state index is 0.121. The Morgan fingerprint density at radius 1 is 1.28 bits per heavy atom. The zero-order valence-corrected chi connectivity index (χ0v) is 15.8. The lowest BCUT2D eigenvalue weighted by Gasteiger charge is -2.18. The average Bonchev–Trinajstić information content (AvgIpc) is 2.56. The van der Waals surface area contributed by atoms with Gasteiger partial charge in [-0.25, -0.2) is 4.99 Å². The fourth-order valence-corrected chi connectivity index (χ4v) is 2.27. The minimum Gasteiger partial charge on any atom is -0.484 e. The normalized spacial score (nSPS) is 12.8. The molecule has 0 radical (unpaired) electrons. The highest BCUT2D eigenvalue weighted by Gasteiger charge is 2.06. The molecule has 1 rings (SSSR count). The predicted molar refractivity (Wildman–Crippen MR) is 103 cm³/mol. The number of amides is 1. The second-order valence-corrected chi connectivity index (χ2v) is 6.61. The summed E-state index contributed by atoms with van der Waals surface area (Å²) in [5.41, 5.74) is 6.11. The van der Waals surface area contributed by atoms with Gasteiger partial charge in [-0.2, -0.15) is 0 Å². The Bertz CT molecular complexity index is 558. The molecule has 4 N–H and O–H groups in total. The number of hydrogen-bond donors (Lipinski definition) is 3. The monoisotopic (exact) mass is 348 g/mol. The van der Waals surface area contributed by atoms with Gasteiger partial charge in [-0.15, -0.1) is 0 Å². The molecule has 0 saturated heterocycles. The highest BCUT2D eigenvalue weighted by molar-refractivity contribution is 5.80. The van der Waals surface area contributed by atoms with Crippen LogP contribution in [0.2, 0.25) is 0 Å².